The van der Waals surface area contributed by atoms with Gasteiger partial charge in [0.05, 0.1) is 22.2 Å². The average Bonchev–Trinajstić information content (AvgIpc) is 3.08. The summed E-state index contributed by atoms with van der Waals surface area (Å²) < 4.78 is 0. The first-order valence-corrected chi connectivity index (χ1v) is 15.5. The highest BCUT2D eigenvalue weighted by molar-refractivity contribution is 6.52. The number of anilines is 3. The molecule has 0 saturated heterocycles. The second-order valence-corrected chi connectivity index (χ2v) is 12.6. The maximum absolute atomic E-state index is 14.3. The van der Waals surface area contributed by atoms with Crippen molar-refractivity contribution in [1.82, 2.24) is 0 Å². The maximum atomic E-state index is 14.3. The van der Waals surface area contributed by atoms with Gasteiger partial charge in [-0.05, 0) is 47.9 Å². The first-order chi connectivity index (χ1) is 22.3. The summed E-state index contributed by atoms with van der Waals surface area (Å²) in [4.78, 5) is 19.5. The van der Waals surface area contributed by atoms with Crippen molar-refractivity contribution in [1.29, 1.82) is 0 Å². The highest BCUT2D eigenvalue weighted by Crippen LogP contribution is 2.48. The van der Waals surface area contributed by atoms with Crippen molar-refractivity contribution in [2.24, 2.45) is 4.99 Å². The maximum Gasteiger partial charge on any atom is 0.201 e. The number of benzene rings is 6. The van der Waals surface area contributed by atoms with Crippen LogP contribution < -0.4 is 26.5 Å². The zero-order chi connectivity index (χ0) is 31.2. The molecule has 3 aliphatic rings. The second-order valence-electron chi connectivity index (χ2n) is 12.6. The number of nitrogens with one attached hydrogen (secondary N) is 3. The van der Waals surface area contributed by atoms with Crippen LogP contribution in [0.15, 0.2) is 132 Å². The fourth-order valence-electron chi connectivity index (χ4n) is 7.39. The Morgan fingerprint density at radius 3 is 1.93 bits per heavy atom. The van der Waals surface area contributed by atoms with E-state index >= 15 is 0 Å². The van der Waals surface area contributed by atoms with Gasteiger partial charge in [-0.15, -0.1) is 0 Å². The van der Waals surface area contributed by atoms with E-state index in [4.69, 9.17) is 4.99 Å². The molecule has 9 rings (SSSR count). The summed E-state index contributed by atoms with van der Waals surface area (Å²) in [6.45, 7) is 4.13. The van der Waals surface area contributed by atoms with Crippen LogP contribution in [0, 0.1) is 0 Å². The van der Waals surface area contributed by atoms with Crippen LogP contribution in [0.3, 0.4) is 0 Å². The van der Waals surface area contributed by atoms with Gasteiger partial charge in [0.15, 0.2) is 5.66 Å². The first kappa shape index (κ1) is 26.5. The summed E-state index contributed by atoms with van der Waals surface area (Å²) in [5.74, 6) is -0.210. The molecule has 46 heavy (non-hydrogen) atoms. The van der Waals surface area contributed by atoms with Crippen LogP contribution in [-0.2, 0) is 16.1 Å². The van der Waals surface area contributed by atoms with Gasteiger partial charge in [-0.1, -0.05) is 109 Å². The van der Waals surface area contributed by atoms with Crippen LogP contribution >= 0.6 is 0 Å². The Balaban J connectivity index is 1.28. The minimum absolute atomic E-state index is 0.0111. The smallest absolute Gasteiger partial charge is 0.201 e. The lowest BCUT2D eigenvalue weighted by molar-refractivity contribution is -0.109. The Morgan fingerprint density at radius 1 is 0.609 bits per heavy atom. The second kappa shape index (κ2) is 9.31. The van der Waals surface area contributed by atoms with Crippen LogP contribution in [-0.4, -0.2) is 10.9 Å². The van der Waals surface area contributed by atoms with Gasteiger partial charge in [-0.25, -0.2) is 0 Å². The standard InChI is InChI=1S/C40H30N4O2/c1-39(25-13-5-3-6-14-25)41-29-17-9-11-23-19-21-27(35(43-39)31(23)29)33-37(45)34(38(33)46)28-22-20-24-12-10-18-30-32(24)36(28)44-40(2,42-30)26-15-7-4-8-16-26/h3-22,41-43,45H,1-2H3. The van der Waals surface area contributed by atoms with E-state index in [2.05, 4.69) is 47.1 Å². The van der Waals surface area contributed by atoms with Gasteiger partial charge in [-0.2, -0.15) is 0 Å². The molecular formula is C40H30N4O2. The number of Topliss-reactive ketones (excluding diaryl/α,β-unsaturated/α-hetero) is 1. The number of ketones is 1. The molecule has 6 nitrogen and oxygen atoms in total. The van der Waals surface area contributed by atoms with Crippen LogP contribution in [0.25, 0.3) is 32.7 Å². The summed E-state index contributed by atoms with van der Waals surface area (Å²) in [6.07, 6.45) is 0. The largest absolute Gasteiger partial charge is 0.506 e. The van der Waals surface area contributed by atoms with E-state index in [1.165, 1.54) is 0 Å². The zero-order valence-electron chi connectivity index (χ0n) is 25.3. The molecule has 6 aromatic carbocycles. The topological polar surface area (TPSA) is 85.8 Å². The van der Waals surface area contributed by atoms with E-state index in [1.54, 1.807) is 0 Å². The van der Waals surface area contributed by atoms with E-state index in [1.807, 2.05) is 104 Å². The molecule has 0 spiro atoms. The predicted molar refractivity (Wildman–Crippen MR) is 185 cm³/mol. The van der Waals surface area contributed by atoms with Gasteiger partial charge in [0.1, 0.15) is 11.4 Å². The summed E-state index contributed by atoms with van der Waals surface area (Å²) >= 11 is 0. The molecule has 2 aliphatic heterocycles. The summed E-state index contributed by atoms with van der Waals surface area (Å²) in [7, 11) is 0. The van der Waals surface area contributed by atoms with Gasteiger partial charge >= 0.3 is 0 Å². The van der Waals surface area contributed by atoms with E-state index in [0.717, 1.165) is 49.7 Å². The fraction of sp³-hybridized carbons (Fsp3) is 0.100. The van der Waals surface area contributed by atoms with Gasteiger partial charge in [0.2, 0.25) is 5.78 Å². The Hall–Kier alpha value is -5.88. The number of hydrogen-bond donors (Lipinski definition) is 4. The molecule has 2 heterocycles. The number of nitrogens with zero attached hydrogens (tertiary/aromatic N) is 1. The molecule has 0 aromatic heterocycles. The third-order valence-electron chi connectivity index (χ3n) is 9.69. The number of hydrogen-bond acceptors (Lipinski definition) is 6. The van der Waals surface area contributed by atoms with Gasteiger partial charge < -0.3 is 21.1 Å². The third kappa shape index (κ3) is 3.64. The molecule has 0 saturated carbocycles. The molecular weight excluding hydrogens is 568 g/mol. The highest BCUT2D eigenvalue weighted by Gasteiger charge is 2.40. The molecule has 6 aromatic rings. The lowest BCUT2D eigenvalue weighted by Gasteiger charge is -2.40. The monoisotopic (exact) mass is 598 g/mol. The average molecular weight is 599 g/mol. The predicted octanol–water partition coefficient (Wildman–Crippen LogP) is 7.32. The first-order valence-electron chi connectivity index (χ1n) is 15.5. The van der Waals surface area contributed by atoms with Crippen molar-refractivity contribution in [3.05, 3.63) is 154 Å². The number of allylic oxidation sites excluding steroid dienone is 2. The van der Waals surface area contributed by atoms with Gasteiger partial charge in [-0.3, -0.25) is 9.79 Å². The molecule has 0 fully saturated rings. The van der Waals surface area contributed by atoms with Crippen molar-refractivity contribution >= 4 is 55.5 Å². The minimum atomic E-state index is -0.758. The summed E-state index contributed by atoms with van der Waals surface area (Å²) in [6, 6.07) is 40.4. The number of carbonyl (C=O) groups is 1. The van der Waals surface area contributed by atoms with Gasteiger partial charge in [0.25, 0.3) is 0 Å². The number of aliphatic hydroxyl groups excluding tert-OH is 1. The van der Waals surface area contributed by atoms with E-state index in [-0.39, 0.29) is 11.5 Å². The van der Waals surface area contributed by atoms with Crippen LogP contribution in [0.2, 0.25) is 0 Å². The van der Waals surface area contributed by atoms with E-state index in [9.17, 15) is 9.90 Å². The molecule has 2 unspecified atom stereocenters. The van der Waals surface area contributed by atoms with Crippen LogP contribution in [0.5, 0.6) is 0 Å². The fourth-order valence-corrected chi connectivity index (χ4v) is 7.39. The Kier molecular flexibility index (Phi) is 5.37. The van der Waals surface area contributed by atoms with E-state index < -0.39 is 11.3 Å². The van der Waals surface area contributed by atoms with Crippen molar-refractivity contribution in [3.8, 4) is 0 Å². The molecule has 0 bridgehead atoms. The molecule has 222 valence electrons. The molecule has 1 aliphatic carbocycles. The highest BCUT2D eigenvalue weighted by atomic mass is 16.3. The Labute approximate surface area is 265 Å². The van der Waals surface area contributed by atoms with Crippen molar-refractivity contribution < 1.29 is 9.90 Å². The molecule has 6 heteroatoms. The number of carbonyl (C=O) groups excluding carboxylic acids is 1. The molecule has 2 atom stereocenters. The Morgan fingerprint density at radius 2 is 1.24 bits per heavy atom. The minimum Gasteiger partial charge on any atom is -0.506 e. The molecule has 4 N–H and O–H groups in total. The third-order valence-corrected chi connectivity index (χ3v) is 9.69. The molecule has 0 radical (unpaired) electrons. The van der Waals surface area contributed by atoms with Crippen molar-refractivity contribution in [2.75, 3.05) is 16.0 Å². The Bertz CT molecular complexity index is 2450. The summed E-state index contributed by atoms with van der Waals surface area (Å²) in [5, 5.41) is 28.2. The van der Waals surface area contributed by atoms with E-state index in [0.29, 0.717) is 27.3 Å². The number of aliphatic hydroxyl groups is 1. The SMILES string of the molecule is CC1(c2ccccc2)N=c2c(=C3C(=O)C(c4ccc5cccc6c5c4NC(C)(c4ccccc4)N6)=C3O)ccc3cccc(c23)N1. The lowest BCUT2D eigenvalue weighted by Crippen LogP contribution is -2.44. The van der Waals surface area contributed by atoms with Crippen LogP contribution in [0.1, 0.15) is 30.5 Å². The summed E-state index contributed by atoms with van der Waals surface area (Å²) in [5.41, 5.74) is 4.68. The van der Waals surface area contributed by atoms with Crippen molar-refractivity contribution in [3.63, 3.8) is 0 Å². The number of rotatable bonds is 3. The zero-order valence-corrected chi connectivity index (χ0v) is 25.3. The van der Waals surface area contributed by atoms with Crippen molar-refractivity contribution in [2.45, 2.75) is 25.2 Å². The van der Waals surface area contributed by atoms with Crippen LogP contribution in [0.4, 0.5) is 17.1 Å². The quantitative estimate of drug-likeness (QED) is 0.172. The van der Waals surface area contributed by atoms with Gasteiger partial charge in [0, 0.05) is 32.9 Å². The lowest BCUT2D eigenvalue weighted by atomic mass is 9.79. The molecule has 0 amide bonds. The normalized spacial score (nSPS) is 22.4.